The highest BCUT2D eigenvalue weighted by atomic mass is 28.4. The second-order valence-electron chi connectivity index (χ2n) is 7.80. The lowest BCUT2D eigenvalue weighted by Crippen LogP contribution is -2.44. The van der Waals surface area contributed by atoms with Crippen molar-refractivity contribution in [2.45, 2.75) is 45.8 Å². The minimum atomic E-state index is -2.11. The summed E-state index contributed by atoms with van der Waals surface area (Å²) < 4.78 is 11.8. The first kappa shape index (κ1) is 19.9. The van der Waals surface area contributed by atoms with E-state index in [9.17, 15) is 9.59 Å². The normalized spacial score (nSPS) is 11.8. The minimum absolute atomic E-state index is 0.00520. The molecule has 2 aromatic carbocycles. The number of ether oxygens (including phenoxy) is 1. The zero-order valence-corrected chi connectivity index (χ0v) is 17.3. The number of hydrogen-bond acceptors (Lipinski definition) is 4. The molecule has 0 fully saturated rings. The molecule has 26 heavy (non-hydrogen) atoms. The van der Waals surface area contributed by atoms with E-state index in [1.807, 2.05) is 6.07 Å². The van der Waals surface area contributed by atoms with Crippen LogP contribution in [0.2, 0.25) is 18.1 Å². The van der Waals surface area contributed by atoms with Gasteiger partial charge in [0.15, 0.2) is 5.78 Å². The first-order chi connectivity index (χ1) is 12.0. The van der Waals surface area contributed by atoms with E-state index in [1.54, 1.807) is 42.5 Å². The van der Waals surface area contributed by atoms with Gasteiger partial charge in [-0.05, 0) is 49.3 Å². The number of ketones is 1. The fourth-order valence-corrected chi connectivity index (χ4v) is 3.19. The van der Waals surface area contributed by atoms with Crippen molar-refractivity contribution >= 4 is 20.1 Å². The molecule has 0 atom stereocenters. The van der Waals surface area contributed by atoms with E-state index < -0.39 is 14.3 Å². The van der Waals surface area contributed by atoms with Crippen LogP contribution in [0.1, 0.15) is 48.4 Å². The smallest absolute Gasteiger partial charge is 0.347 e. The fourth-order valence-electron chi connectivity index (χ4n) is 2.15. The second kappa shape index (κ2) is 7.46. The Kier molecular flexibility index (Phi) is 5.71. The van der Waals surface area contributed by atoms with Crippen LogP contribution in [-0.4, -0.2) is 20.1 Å². The van der Waals surface area contributed by atoms with Crippen LogP contribution in [-0.2, 0) is 0 Å². The molecule has 0 N–H and O–H groups in total. The van der Waals surface area contributed by atoms with Crippen molar-refractivity contribution in [2.75, 3.05) is 0 Å². The predicted molar refractivity (Wildman–Crippen MR) is 106 cm³/mol. The van der Waals surface area contributed by atoms with E-state index in [0.29, 0.717) is 16.9 Å². The third-order valence-electron chi connectivity index (χ3n) is 4.75. The maximum atomic E-state index is 12.7. The van der Waals surface area contributed by atoms with Crippen LogP contribution in [0.25, 0.3) is 0 Å². The summed E-state index contributed by atoms with van der Waals surface area (Å²) in [7, 11) is -2.11. The molecule has 0 heterocycles. The molecular formula is C21H26O4Si. The molecule has 2 aromatic rings. The summed E-state index contributed by atoms with van der Waals surface area (Å²) in [6.07, 6.45) is 0. The van der Waals surface area contributed by atoms with Gasteiger partial charge in [-0.15, -0.1) is 0 Å². The van der Waals surface area contributed by atoms with Gasteiger partial charge in [0.1, 0.15) is 17.1 Å². The third-order valence-corrected chi connectivity index (χ3v) is 9.09. The zero-order chi connectivity index (χ0) is 19.5. The predicted octanol–water partition coefficient (Wildman–Crippen LogP) is 5.49. The summed E-state index contributed by atoms with van der Waals surface area (Å²) in [6.45, 7) is 12.1. The lowest BCUT2D eigenvalue weighted by molar-refractivity contribution is 0.0730. The van der Waals surface area contributed by atoms with Gasteiger partial charge in [-0.25, -0.2) is 4.79 Å². The Hall–Kier alpha value is -2.40. The number of carbonyl (C=O) groups excluding carboxylic acids is 2. The number of esters is 1. The van der Waals surface area contributed by atoms with Crippen LogP contribution < -0.4 is 9.16 Å². The van der Waals surface area contributed by atoms with Crippen LogP contribution in [0.3, 0.4) is 0 Å². The first-order valence-corrected chi connectivity index (χ1v) is 11.5. The Bertz CT molecular complexity index is 819. The van der Waals surface area contributed by atoms with Crippen LogP contribution >= 0.6 is 0 Å². The molecule has 0 amide bonds. The molecule has 0 bridgehead atoms. The lowest BCUT2D eigenvalue weighted by atomic mass is 10.1. The van der Waals surface area contributed by atoms with Crippen LogP contribution in [0.5, 0.6) is 11.5 Å². The van der Waals surface area contributed by atoms with Gasteiger partial charge in [0, 0.05) is 0 Å². The topological polar surface area (TPSA) is 52.6 Å². The van der Waals surface area contributed by atoms with Gasteiger partial charge in [-0.1, -0.05) is 45.0 Å². The molecule has 0 saturated carbocycles. The summed E-state index contributed by atoms with van der Waals surface area (Å²) in [6, 6.07) is 13.8. The average Bonchev–Trinajstić information content (AvgIpc) is 2.54. The number of rotatable bonds is 5. The van der Waals surface area contributed by atoms with Gasteiger partial charge in [0.25, 0.3) is 8.32 Å². The molecule has 0 unspecified atom stereocenters. The summed E-state index contributed by atoms with van der Waals surface area (Å²) >= 11 is 0. The summed E-state index contributed by atoms with van der Waals surface area (Å²) in [5, 5.41) is 0.00520. The van der Waals surface area contributed by atoms with Crippen molar-refractivity contribution in [3.8, 4) is 11.5 Å². The molecule has 138 valence electrons. The molecule has 0 aliphatic rings. The van der Waals surface area contributed by atoms with Crippen LogP contribution in [0.15, 0.2) is 48.5 Å². The minimum Gasteiger partial charge on any atom is -0.543 e. The Morgan fingerprint density at radius 2 is 1.35 bits per heavy atom. The van der Waals surface area contributed by atoms with Gasteiger partial charge >= 0.3 is 5.97 Å². The lowest BCUT2D eigenvalue weighted by Gasteiger charge is -2.36. The fraction of sp³-hybridized carbons (Fsp3) is 0.333. The molecule has 0 spiro atoms. The molecule has 0 aliphatic heterocycles. The average molecular weight is 371 g/mol. The van der Waals surface area contributed by atoms with E-state index in [1.165, 1.54) is 6.92 Å². The van der Waals surface area contributed by atoms with E-state index in [2.05, 4.69) is 33.9 Å². The Morgan fingerprint density at radius 3 is 1.88 bits per heavy atom. The molecule has 0 saturated heterocycles. The molecule has 4 nitrogen and oxygen atoms in total. The van der Waals surface area contributed by atoms with Gasteiger partial charge in [-0.3, -0.25) is 4.79 Å². The van der Waals surface area contributed by atoms with Crippen LogP contribution in [0, 0.1) is 0 Å². The van der Waals surface area contributed by atoms with Gasteiger partial charge in [0.2, 0.25) is 0 Å². The molecular weight excluding hydrogens is 344 g/mol. The monoisotopic (exact) mass is 370 g/mol. The van der Waals surface area contributed by atoms with E-state index in [-0.39, 0.29) is 16.6 Å². The summed E-state index contributed by atoms with van der Waals surface area (Å²) in [5.41, 5.74) is 0.735. The quantitative estimate of drug-likeness (QED) is 0.302. The highest BCUT2D eigenvalue weighted by Gasteiger charge is 2.39. The number of Topliss-reactive ketones (excluding diaryl/α,β-unsaturated/α-hetero) is 1. The van der Waals surface area contributed by atoms with Gasteiger partial charge in [0.05, 0.1) is 5.56 Å². The largest absolute Gasteiger partial charge is 0.543 e. The van der Waals surface area contributed by atoms with Crippen molar-refractivity contribution in [1.29, 1.82) is 0 Å². The summed E-state index contributed by atoms with van der Waals surface area (Å²) in [5.74, 6) is 0.0868. The van der Waals surface area contributed by atoms with Crippen molar-refractivity contribution in [1.82, 2.24) is 0 Å². The summed E-state index contributed by atoms with van der Waals surface area (Å²) in [4.78, 5) is 24.5. The number of benzene rings is 2. The standard InChI is InChI=1S/C21H26O4Si/c1-15(22)16-11-7-9-13-18(16)24-20(23)17-12-8-10-14-19(17)25-26(5,6)21(2,3)4/h7-14H,1-6H3. The maximum absolute atomic E-state index is 12.7. The van der Waals surface area contributed by atoms with Crippen molar-refractivity contribution < 1.29 is 18.8 Å². The second-order valence-corrected chi connectivity index (χ2v) is 12.5. The van der Waals surface area contributed by atoms with Crippen molar-refractivity contribution in [3.05, 3.63) is 59.7 Å². The molecule has 0 aliphatic carbocycles. The van der Waals surface area contributed by atoms with E-state index in [4.69, 9.17) is 9.16 Å². The number of carbonyl (C=O) groups is 2. The van der Waals surface area contributed by atoms with E-state index in [0.717, 1.165) is 0 Å². The number of hydrogen-bond donors (Lipinski definition) is 0. The highest BCUT2D eigenvalue weighted by molar-refractivity contribution is 6.74. The maximum Gasteiger partial charge on any atom is 0.347 e. The van der Waals surface area contributed by atoms with E-state index >= 15 is 0 Å². The van der Waals surface area contributed by atoms with Gasteiger partial charge < -0.3 is 9.16 Å². The van der Waals surface area contributed by atoms with Crippen molar-refractivity contribution in [2.24, 2.45) is 0 Å². The Labute approximate surface area is 156 Å². The zero-order valence-electron chi connectivity index (χ0n) is 16.3. The molecule has 0 aromatic heterocycles. The highest BCUT2D eigenvalue weighted by Crippen LogP contribution is 2.38. The van der Waals surface area contributed by atoms with Crippen molar-refractivity contribution in [3.63, 3.8) is 0 Å². The van der Waals surface area contributed by atoms with Crippen LogP contribution in [0.4, 0.5) is 0 Å². The number of para-hydroxylation sites is 2. The molecule has 2 rings (SSSR count). The Balaban J connectivity index is 2.33. The SMILES string of the molecule is CC(=O)c1ccccc1OC(=O)c1ccccc1O[Si](C)(C)C(C)(C)C. The van der Waals surface area contributed by atoms with Gasteiger partial charge in [-0.2, -0.15) is 0 Å². The Morgan fingerprint density at radius 1 is 0.846 bits per heavy atom. The first-order valence-electron chi connectivity index (χ1n) is 8.63. The third kappa shape index (κ3) is 4.41. The molecule has 0 radical (unpaired) electrons. The molecule has 5 heteroatoms.